The summed E-state index contributed by atoms with van der Waals surface area (Å²) < 4.78 is 12.8. The van der Waals surface area contributed by atoms with Crippen LogP contribution in [-0.4, -0.2) is 9.91 Å². The molecule has 68 valence electrons. The third-order valence-electron chi connectivity index (χ3n) is 1.21. The van der Waals surface area contributed by atoms with E-state index in [0.717, 1.165) is 12.3 Å². The van der Waals surface area contributed by atoms with Crippen LogP contribution in [0.2, 0.25) is 5.02 Å². The highest BCUT2D eigenvalue weighted by Crippen LogP contribution is 2.13. The first-order valence-electron chi connectivity index (χ1n) is 3.22. The third-order valence-corrected chi connectivity index (χ3v) is 1.42. The van der Waals surface area contributed by atoms with Gasteiger partial charge in [0.05, 0.1) is 9.95 Å². The standard InChI is InChI=1S/C7H4ClFN2O2/c8-6-3-5(1-2-11(12)13)7(9)10-4-6/h1-4H/b2-1+. The first-order chi connectivity index (χ1) is 6.09. The molecule has 13 heavy (non-hydrogen) atoms. The number of nitrogens with zero attached hydrogens (tertiary/aromatic N) is 2. The van der Waals surface area contributed by atoms with Gasteiger partial charge in [-0.2, -0.15) is 4.39 Å². The molecule has 0 saturated carbocycles. The van der Waals surface area contributed by atoms with Crippen molar-refractivity contribution in [2.45, 2.75) is 0 Å². The molecular weight excluding hydrogens is 199 g/mol. The fourth-order valence-corrected chi connectivity index (χ4v) is 0.863. The average molecular weight is 203 g/mol. The van der Waals surface area contributed by atoms with Crippen molar-refractivity contribution in [1.29, 1.82) is 0 Å². The minimum absolute atomic E-state index is 0.01000. The molecule has 0 aliphatic heterocycles. The smallest absolute Gasteiger partial charge is 0.235 e. The van der Waals surface area contributed by atoms with E-state index in [1.165, 1.54) is 6.07 Å². The Morgan fingerprint density at radius 2 is 2.38 bits per heavy atom. The van der Waals surface area contributed by atoms with E-state index in [9.17, 15) is 14.5 Å². The molecule has 0 aliphatic carbocycles. The molecule has 4 nitrogen and oxygen atoms in total. The Labute approximate surface area is 77.8 Å². The van der Waals surface area contributed by atoms with E-state index in [1.54, 1.807) is 0 Å². The van der Waals surface area contributed by atoms with Gasteiger partial charge in [0.2, 0.25) is 12.1 Å². The van der Waals surface area contributed by atoms with Gasteiger partial charge >= 0.3 is 0 Å². The van der Waals surface area contributed by atoms with Gasteiger partial charge in [-0.1, -0.05) is 11.6 Å². The lowest BCUT2D eigenvalue weighted by molar-refractivity contribution is -0.400. The summed E-state index contributed by atoms with van der Waals surface area (Å²) in [6.45, 7) is 0. The van der Waals surface area contributed by atoms with Crippen molar-refractivity contribution < 1.29 is 9.31 Å². The van der Waals surface area contributed by atoms with Crippen molar-refractivity contribution in [3.05, 3.63) is 45.1 Å². The van der Waals surface area contributed by atoms with Crippen LogP contribution >= 0.6 is 11.6 Å². The van der Waals surface area contributed by atoms with Crippen LogP contribution < -0.4 is 0 Å². The Kier molecular flexibility index (Phi) is 2.92. The molecule has 6 heteroatoms. The molecule has 0 radical (unpaired) electrons. The summed E-state index contributed by atoms with van der Waals surface area (Å²) in [7, 11) is 0. The maximum absolute atomic E-state index is 12.8. The number of halogens is 2. The number of hydrogen-bond donors (Lipinski definition) is 0. The van der Waals surface area contributed by atoms with E-state index in [4.69, 9.17) is 11.6 Å². The second-order valence-electron chi connectivity index (χ2n) is 2.13. The van der Waals surface area contributed by atoms with E-state index >= 15 is 0 Å². The Morgan fingerprint density at radius 3 is 3.00 bits per heavy atom. The quantitative estimate of drug-likeness (QED) is 0.419. The summed E-state index contributed by atoms with van der Waals surface area (Å²) in [4.78, 5) is 12.5. The van der Waals surface area contributed by atoms with Crippen LogP contribution in [0.25, 0.3) is 6.08 Å². The van der Waals surface area contributed by atoms with E-state index in [0.29, 0.717) is 6.20 Å². The van der Waals surface area contributed by atoms with E-state index in [2.05, 4.69) is 4.98 Å². The first-order valence-corrected chi connectivity index (χ1v) is 3.60. The third kappa shape index (κ3) is 2.79. The molecular formula is C7H4ClFN2O2. The highest BCUT2D eigenvalue weighted by Gasteiger charge is 2.01. The summed E-state index contributed by atoms with van der Waals surface area (Å²) >= 11 is 5.50. The Bertz CT molecular complexity index is 368. The van der Waals surface area contributed by atoms with Crippen LogP contribution in [-0.2, 0) is 0 Å². The molecule has 0 fully saturated rings. The van der Waals surface area contributed by atoms with Gasteiger partial charge in [-0.25, -0.2) is 4.98 Å². The summed E-state index contributed by atoms with van der Waals surface area (Å²) in [6.07, 6.45) is 2.74. The lowest BCUT2D eigenvalue weighted by Crippen LogP contribution is -1.88. The molecule has 0 N–H and O–H groups in total. The fraction of sp³-hybridized carbons (Fsp3) is 0. The second kappa shape index (κ2) is 3.95. The van der Waals surface area contributed by atoms with Gasteiger partial charge in [0.25, 0.3) is 0 Å². The van der Waals surface area contributed by atoms with Gasteiger partial charge in [0, 0.05) is 17.8 Å². The van der Waals surface area contributed by atoms with Crippen LogP contribution in [0.15, 0.2) is 18.5 Å². The number of aromatic nitrogens is 1. The van der Waals surface area contributed by atoms with Gasteiger partial charge in [0.1, 0.15) is 0 Å². The van der Waals surface area contributed by atoms with Crippen molar-refractivity contribution in [3.63, 3.8) is 0 Å². The summed E-state index contributed by atoms with van der Waals surface area (Å²) in [5, 5.41) is 10.1. The predicted octanol–water partition coefficient (Wildman–Crippen LogP) is 2.12. The van der Waals surface area contributed by atoms with E-state index < -0.39 is 10.9 Å². The molecule has 0 atom stereocenters. The zero-order valence-corrected chi connectivity index (χ0v) is 7.03. The first kappa shape index (κ1) is 9.60. The minimum Gasteiger partial charge on any atom is -0.259 e. The van der Waals surface area contributed by atoms with Crippen LogP contribution in [0.3, 0.4) is 0 Å². The molecule has 1 rings (SSSR count). The molecule has 0 amide bonds. The molecule has 0 unspecified atom stereocenters. The van der Waals surface area contributed by atoms with Crippen molar-refractivity contribution in [1.82, 2.24) is 4.98 Å². The highest BCUT2D eigenvalue weighted by molar-refractivity contribution is 6.30. The van der Waals surface area contributed by atoms with E-state index in [1.807, 2.05) is 0 Å². The van der Waals surface area contributed by atoms with Crippen LogP contribution in [0, 0.1) is 16.1 Å². The van der Waals surface area contributed by atoms with Gasteiger partial charge < -0.3 is 0 Å². The summed E-state index contributed by atoms with van der Waals surface area (Å²) in [6, 6.07) is 1.25. The van der Waals surface area contributed by atoms with Crippen molar-refractivity contribution in [3.8, 4) is 0 Å². The molecule has 0 bridgehead atoms. The largest absolute Gasteiger partial charge is 0.259 e. The molecule has 0 aliphatic rings. The van der Waals surface area contributed by atoms with Crippen molar-refractivity contribution >= 4 is 17.7 Å². The molecule has 0 saturated heterocycles. The van der Waals surface area contributed by atoms with Gasteiger partial charge in [-0.15, -0.1) is 0 Å². The number of nitro groups is 1. The molecule has 1 heterocycles. The monoisotopic (exact) mass is 202 g/mol. The van der Waals surface area contributed by atoms with Gasteiger partial charge in [-0.3, -0.25) is 10.1 Å². The van der Waals surface area contributed by atoms with Crippen LogP contribution in [0.4, 0.5) is 4.39 Å². The lowest BCUT2D eigenvalue weighted by Gasteiger charge is -1.94. The zero-order valence-electron chi connectivity index (χ0n) is 6.28. The number of pyridine rings is 1. The van der Waals surface area contributed by atoms with Crippen LogP contribution in [0.5, 0.6) is 0 Å². The Hall–Kier alpha value is -1.49. The normalized spacial score (nSPS) is 10.6. The minimum atomic E-state index is -0.789. The SMILES string of the molecule is O=[N+]([O-])/C=C/c1cc(Cl)cnc1F. The summed E-state index contributed by atoms with van der Waals surface area (Å²) in [5.41, 5.74) is -0.01000. The van der Waals surface area contributed by atoms with Crippen LogP contribution in [0.1, 0.15) is 5.56 Å². The van der Waals surface area contributed by atoms with Crippen molar-refractivity contribution in [2.75, 3.05) is 0 Å². The average Bonchev–Trinajstić information content (AvgIpc) is 2.06. The zero-order chi connectivity index (χ0) is 9.84. The Balaban J connectivity index is 3.00. The topological polar surface area (TPSA) is 56.0 Å². The molecule has 1 aromatic rings. The second-order valence-corrected chi connectivity index (χ2v) is 2.57. The maximum atomic E-state index is 12.8. The number of rotatable bonds is 2. The molecule has 0 spiro atoms. The molecule has 0 aromatic carbocycles. The summed E-state index contributed by atoms with van der Waals surface area (Å²) in [5.74, 6) is -0.789. The Morgan fingerprint density at radius 1 is 1.69 bits per heavy atom. The number of hydrogen-bond acceptors (Lipinski definition) is 3. The van der Waals surface area contributed by atoms with E-state index in [-0.39, 0.29) is 10.6 Å². The van der Waals surface area contributed by atoms with Crippen molar-refractivity contribution in [2.24, 2.45) is 0 Å². The van der Waals surface area contributed by atoms with Gasteiger partial charge in [0.15, 0.2) is 0 Å². The van der Waals surface area contributed by atoms with Gasteiger partial charge in [-0.05, 0) is 6.07 Å². The lowest BCUT2D eigenvalue weighted by atomic mass is 10.3. The highest BCUT2D eigenvalue weighted by atomic mass is 35.5. The fourth-order valence-electron chi connectivity index (χ4n) is 0.696. The maximum Gasteiger partial charge on any atom is 0.235 e. The predicted molar refractivity (Wildman–Crippen MR) is 45.2 cm³/mol. The molecule has 1 aromatic heterocycles.